The zero-order valence-electron chi connectivity index (χ0n) is 8.13. The molecule has 74 valence electrons. The number of hydrogen-bond acceptors (Lipinski definition) is 0. The van der Waals surface area contributed by atoms with E-state index in [4.69, 9.17) is 0 Å². The molecule has 0 aliphatic carbocycles. The SMILES string of the molecule is CCC(C)(C(F)F)C(C)(C)CBr. The molecule has 0 fully saturated rings. The fourth-order valence-corrected chi connectivity index (χ4v) is 1.72. The minimum atomic E-state index is -2.25. The molecule has 0 aromatic heterocycles. The van der Waals surface area contributed by atoms with E-state index in [1.807, 2.05) is 20.8 Å². The first-order valence-corrected chi connectivity index (χ1v) is 5.28. The fraction of sp³-hybridized carbons (Fsp3) is 1.00. The minimum absolute atomic E-state index is 0.365. The molecule has 0 aliphatic rings. The molecule has 0 radical (unpaired) electrons. The number of hydrogen-bond donors (Lipinski definition) is 0. The molecule has 0 aliphatic heterocycles. The van der Waals surface area contributed by atoms with E-state index in [0.717, 1.165) is 0 Å². The fourth-order valence-electron chi connectivity index (χ4n) is 1.08. The average molecular weight is 243 g/mol. The van der Waals surface area contributed by atoms with Crippen LogP contribution in [0.4, 0.5) is 8.78 Å². The Hall–Kier alpha value is 0.340. The highest BCUT2D eigenvalue weighted by Gasteiger charge is 2.45. The van der Waals surface area contributed by atoms with Gasteiger partial charge in [0.1, 0.15) is 0 Å². The Morgan fingerprint density at radius 3 is 1.75 bits per heavy atom. The summed E-state index contributed by atoms with van der Waals surface area (Å²) >= 11 is 3.28. The van der Waals surface area contributed by atoms with Crippen molar-refractivity contribution in [2.75, 3.05) is 5.33 Å². The summed E-state index contributed by atoms with van der Waals surface area (Å²) in [6.07, 6.45) is -1.75. The van der Waals surface area contributed by atoms with Gasteiger partial charge in [-0.05, 0) is 11.8 Å². The molecule has 1 unspecified atom stereocenters. The second-order valence-corrected chi connectivity index (χ2v) is 4.65. The van der Waals surface area contributed by atoms with Gasteiger partial charge in [-0.25, -0.2) is 8.78 Å². The van der Waals surface area contributed by atoms with Crippen molar-refractivity contribution in [2.45, 2.75) is 40.5 Å². The van der Waals surface area contributed by atoms with E-state index in [9.17, 15) is 8.78 Å². The van der Waals surface area contributed by atoms with Gasteiger partial charge >= 0.3 is 0 Å². The Morgan fingerprint density at radius 2 is 1.67 bits per heavy atom. The summed E-state index contributed by atoms with van der Waals surface area (Å²) in [4.78, 5) is 0. The maximum absolute atomic E-state index is 12.7. The third-order valence-corrected chi connectivity index (χ3v) is 4.50. The molecule has 0 spiro atoms. The smallest absolute Gasteiger partial charge is 0.210 e. The Balaban J connectivity index is 4.74. The van der Waals surface area contributed by atoms with E-state index < -0.39 is 11.8 Å². The first-order valence-electron chi connectivity index (χ1n) is 4.16. The molecule has 0 saturated carbocycles. The molecule has 0 bridgehead atoms. The standard InChI is InChI=1S/C9H17BrF2/c1-5-9(4,7(11)12)8(2,3)6-10/h7H,5-6H2,1-4H3. The van der Waals surface area contributed by atoms with E-state index in [0.29, 0.717) is 11.8 Å². The zero-order chi connectivity index (χ0) is 9.99. The molecule has 0 nitrogen and oxygen atoms in total. The molecule has 0 aromatic rings. The van der Waals surface area contributed by atoms with Crippen molar-refractivity contribution < 1.29 is 8.78 Å². The van der Waals surface area contributed by atoms with Crippen molar-refractivity contribution in [3.05, 3.63) is 0 Å². The average Bonchev–Trinajstić information content (AvgIpc) is 2.02. The van der Waals surface area contributed by atoms with Crippen molar-refractivity contribution in [3.8, 4) is 0 Å². The second-order valence-electron chi connectivity index (χ2n) is 4.09. The van der Waals surface area contributed by atoms with Crippen LogP contribution in [0.2, 0.25) is 0 Å². The van der Waals surface area contributed by atoms with Crippen LogP contribution in [0.25, 0.3) is 0 Å². The third kappa shape index (κ3) is 1.98. The van der Waals surface area contributed by atoms with Gasteiger partial charge in [-0.1, -0.05) is 43.6 Å². The van der Waals surface area contributed by atoms with Crippen LogP contribution in [0.3, 0.4) is 0 Å². The van der Waals surface area contributed by atoms with Gasteiger partial charge in [0.05, 0.1) is 0 Å². The Morgan fingerprint density at radius 1 is 1.25 bits per heavy atom. The maximum Gasteiger partial charge on any atom is 0.244 e. The van der Waals surface area contributed by atoms with Crippen LogP contribution in [0.5, 0.6) is 0 Å². The predicted octanol–water partition coefficient (Wildman–Crippen LogP) is 4.09. The summed E-state index contributed by atoms with van der Waals surface area (Å²) in [5, 5.41) is 0.606. The highest BCUT2D eigenvalue weighted by molar-refractivity contribution is 9.09. The molecular weight excluding hydrogens is 226 g/mol. The van der Waals surface area contributed by atoms with Gasteiger partial charge in [0.2, 0.25) is 6.43 Å². The van der Waals surface area contributed by atoms with E-state index >= 15 is 0 Å². The van der Waals surface area contributed by atoms with E-state index in [2.05, 4.69) is 15.9 Å². The van der Waals surface area contributed by atoms with E-state index in [1.54, 1.807) is 6.92 Å². The van der Waals surface area contributed by atoms with E-state index in [1.165, 1.54) is 0 Å². The van der Waals surface area contributed by atoms with Crippen molar-refractivity contribution in [1.29, 1.82) is 0 Å². The quantitative estimate of drug-likeness (QED) is 0.652. The molecule has 0 aromatic carbocycles. The van der Waals surface area contributed by atoms with Crippen LogP contribution >= 0.6 is 15.9 Å². The van der Waals surface area contributed by atoms with Crippen molar-refractivity contribution in [3.63, 3.8) is 0 Å². The Bertz CT molecular complexity index is 145. The molecule has 0 amide bonds. The van der Waals surface area contributed by atoms with Crippen LogP contribution in [-0.2, 0) is 0 Å². The first kappa shape index (κ1) is 12.3. The van der Waals surface area contributed by atoms with E-state index in [-0.39, 0.29) is 5.41 Å². The number of halogens is 3. The van der Waals surface area contributed by atoms with Gasteiger partial charge in [-0.15, -0.1) is 0 Å². The lowest BCUT2D eigenvalue weighted by Crippen LogP contribution is -2.41. The van der Waals surface area contributed by atoms with Gasteiger partial charge < -0.3 is 0 Å². The molecule has 0 rings (SSSR count). The Labute approximate surface area is 81.9 Å². The minimum Gasteiger partial charge on any atom is -0.210 e. The van der Waals surface area contributed by atoms with Crippen LogP contribution < -0.4 is 0 Å². The topological polar surface area (TPSA) is 0 Å². The van der Waals surface area contributed by atoms with Crippen LogP contribution in [-0.4, -0.2) is 11.8 Å². The second kappa shape index (κ2) is 4.03. The highest BCUT2D eigenvalue weighted by atomic mass is 79.9. The number of rotatable bonds is 4. The predicted molar refractivity (Wildman–Crippen MR) is 52.0 cm³/mol. The van der Waals surface area contributed by atoms with Crippen molar-refractivity contribution in [1.82, 2.24) is 0 Å². The molecule has 0 heterocycles. The van der Waals surface area contributed by atoms with Crippen molar-refractivity contribution >= 4 is 15.9 Å². The van der Waals surface area contributed by atoms with Gasteiger partial charge in [0.15, 0.2) is 0 Å². The van der Waals surface area contributed by atoms with Gasteiger partial charge in [0.25, 0.3) is 0 Å². The lowest BCUT2D eigenvalue weighted by molar-refractivity contribution is -0.0654. The first-order chi connectivity index (χ1) is 5.31. The Kier molecular flexibility index (Phi) is 4.15. The summed E-state index contributed by atoms with van der Waals surface area (Å²) in [6.45, 7) is 7.21. The van der Waals surface area contributed by atoms with Crippen LogP contribution in [0.1, 0.15) is 34.1 Å². The molecular formula is C9H17BrF2. The number of alkyl halides is 3. The summed E-state index contributed by atoms with van der Waals surface area (Å²) in [6, 6.07) is 0. The highest BCUT2D eigenvalue weighted by Crippen LogP contribution is 2.47. The normalized spacial score (nSPS) is 18.0. The van der Waals surface area contributed by atoms with Crippen molar-refractivity contribution in [2.24, 2.45) is 10.8 Å². The van der Waals surface area contributed by atoms with Gasteiger partial charge in [-0.3, -0.25) is 0 Å². The molecule has 1 atom stereocenters. The summed E-state index contributed by atoms with van der Waals surface area (Å²) in [5.74, 6) is 0. The van der Waals surface area contributed by atoms with Crippen LogP contribution in [0, 0.1) is 10.8 Å². The molecule has 0 saturated heterocycles. The maximum atomic E-state index is 12.7. The molecule has 0 N–H and O–H groups in total. The third-order valence-electron chi connectivity index (χ3n) is 3.10. The van der Waals surface area contributed by atoms with Crippen LogP contribution in [0.15, 0.2) is 0 Å². The zero-order valence-corrected chi connectivity index (χ0v) is 9.71. The summed E-state index contributed by atoms with van der Waals surface area (Å²) < 4.78 is 25.5. The monoisotopic (exact) mass is 242 g/mol. The summed E-state index contributed by atoms with van der Waals surface area (Å²) in [7, 11) is 0. The van der Waals surface area contributed by atoms with Gasteiger partial charge in [-0.2, -0.15) is 0 Å². The lowest BCUT2D eigenvalue weighted by Gasteiger charge is -2.42. The largest absolute Gasteiger partial charge is 0.244 e. The van der Waals surface area contributed by atoms with Gasteiger partial charge in [0, 0.05) is 10.7 Å². The molecule has 12 heavy (non-hydrogen) atoms. The summed E-state index contributed by atoms with van der Waals surface area (Å²) in [5.41, 5.74) is -1.26. The lowest BCUT2D eigenvalue weighted by atomic mass is 9.66. The molecule has 3 heteroatoms.